The molecular formula is C15H25ClIN3O2. The van der Waals surface area contributed by atoms with Crippen molar-refractivity contribution in [3.05, 3.63) is 22.7 Å². The number of hydrogen-bond donors (Lipinski definition) is 2. The molecule has 0 aromatic heterocycles. The number of methoxy groups -OCH3 is 1. The van der Waals surface area contributed by atoms with Gasteiger partial charge in [0.25, 0.3) is 0 Å². The van der Waals surface area contributed by atoms with Crippen LogP contribution < -0.4 is 20.1 Å². The minimum atomic E-state index is 0. The Hall–Kier alpha value is -0.890. The Morgan fingerprint density at radius 2 is 2.00 bits per heavy atom. The van der Waals surface area contributed by atoms with Crippen molar-refractivity contribution in [1.82, 2.24) is 10.6 Å². The first-order valence-corrected chi connectivity index (χ1v) is 7.47. The van der Waals surface area contributed by atoms with Gasteiger partial charge in [-0.15, -0.1) is 24.0 Å². The van der Waals surface area contributed by atoms with Crippen LogP contribution in [0.2, 0.25) is 5.02 Å². The van der Waals surface area contributed by atoms with Gasteiger partial charge in [-0.05, 0) is 31.0 Å². The summed E-state index contributed by atoms with van der Waals surface area (Å²) in [5, 5.41) is 6.99. The second-order valence-electron chi connectivity index (χ2n) is 4.39. The van der Waals surface area contributed by atoms with Gasteiger partial charge in [0.15, 0.2) is 17.5 Å². The molecule has 1 rings (SSSR count). The third kappa shape index (κ3) is 6.48. The Kier molecular flexibility index (Phi) is 11.2. The van der Waals surface area contributed by atoms with Crippen molar-refractivity contribution < 1.29 is 9.47 Å². The molecule has 5 nitrogen and oxygen atoms in total. The van der Waals surface area contributed by atoms with E-state index in [-0.39, 0.29) is 24.0 Å². The second-order valence-corrected chi connectivity index (χ2v) is 4.80. The van der Waals surface area contributed by atoms with E-state index in [1.807, 2.05) is 19.1 Å². The Morgan fingerprint density at radius 1 is 1.27 bits per heavy atom. The molecule has 0 atom stereocenters. The highest BCUT2D eigenvalue weighted by Crippen LogP contribution is 2.36. The smallest absolute Gasteiger partial charge is 0.191 e. The average molecular weight is 442 g/mol. The van der Waals surface area contributed by atoms with Gasteiger partial charge >= 0.3 is 0 Å². The van der Waals surface area contributed by atoms with Crippen molar-refractivity contribution in [1.29, 1.82) is 0 Å². The lowest BCUT2D eigenvalue weighted by atomic mass is 10.2. The first-order valence-electron chi connectivity index (χ1n) is 7.09. The van der Waals surface area contributed by atoms with Gasteiger partial charge in [-0.3, -0.25) is 4.99 Å². The van der Waals surface area contributed by atoms with E-state index in [0.717, 1.165) is 24.5 Å². The number of benzene rings is 1. The number of hydrogen-bond acceptors (Lipinski definition) is 3. The summed E-state index contributed by atoms with van der Waals surface area (Å²) in [5.74, 6) is 1.98. The number of aliphatic imine (C=N–C) groups is 1. The van der Waals surface area contributed by atoms with Gasteiger partial charge in [0.2, 0.25) is 0 Å². The molecule has 0 aliphatic carbocycles. The fourth-order valence-electron chi connectivity index (χ4n) is 1.81. The van der Waals surface area contributed by atoms with E-state index >= 15 is 0 Å². The summed E-state index contributed by atoms with van der Waals surface area (Å²) >= 11 is 6.25. The fourth-order valence-corrected chi connectivity index (χ4v) is 2.10. The van der Waals surface area contributed by atoms with Crippen molar-refractivity contribution in [3.8, 4) is 11.5 Å². The molecule has 126 valence electrons. The van der Waals surface area contributed by atoms with Crippen molar-refractivity contribution in [2.45, 2.75) is 26.8 Å². The largest absolute Gasteiger partial charge is 0.493 e. The molecule has 0 aliphatic rings. The molecule has 0 heterocycles. The maximum Gasteiger partial charge on any atom is 0.191 e. The Morgan fingerprint density at radius 3 is 2.55 bits per heavy atom. The summed E-state index contributed by atoms with van der Waals surface area (Å²) in [7, 11) is 3.35. The molecule has 1 aromatic carbocycles. The number of guanidine groups is 1. The van der Waals surface area contributed by atoms with Gasteiger partial charge in [0, 0.05) is 20.1 Å². The second kappa shape index (κ2) is 11.6. The summed E-state index contributed by atoms with van der Waals surface area (Å²) in [6.45, 7) is 6.05. The van der Waals surface area contributed by atoms with E-state index in [4.69, 9.17) is 21.1 Å². The van der Waals surface area contributed by atoms with Crippen LogP contribution in [-0.2, 0) is 6.54 Å². The van der Waals surface area contributed by atoms with E-state index < -0.39 is 0 Å². The SMILES string of the molecule is CCCNC(=NC)NCc1cc(Cl)c(OCC)c(OC)c1.I. The number of halogens is 2. The standard InChI is InChI=1S/C15H24ClN3O2.HI/c1-5-7-18-15(17-3)19-10-11-8-12(16)14(21-6-2)13(9-11)20-4;/h8-9H,5-7,10H2,1-4H3,(H2,17,18,19);1H. The Labute approximate surface area is 154 Å². The lowest BCUT2D eigenvalue weighted by Gasteiger charge is -2.15. The molecule has 7 heteroatoms. The van der Waals surface area contributed by atoms with E-state index in [1.54, 1.807) is 14.2 Å². The highest BCUT2D eigenvalue weighted by Gasteiger charge is 2.11. The minimum Gasteiger partial charge on any atom is -0.493 e. The molecule has 0 bridgehead atoms. The van der Waals surface area contributed by atoms with Gasteiger partial charge in [0.1, 0.15) is 0 Å². The average Bonchev–Trinajstić information content (AvgIpc) is 2.49. The summed E-state index contributed by atoms with van der Waals surface area (Å²) < 4.78 is 10.8. The first kappa shape index (κ1) is 21.1. The highest BCUT2D eigenvalue weighted by atomic mass is 127. The first-order chi connectivity index (χ1) is 10.2. The van der Waals surface area contributed by atoms with Gasteiger partial charge in [-0.1, -0.05) is 18.5 Å². The molecule has 0 unspecified atom stereocenters. The van der Waals surface area contributed by atoms with Crippen LogP contribution >= 0.6 is 35.6 Å². The predicted molar refractivity (Wildman–Crippen MR) is 103 cm³/mol. The van der Waals surface area contributed by atoms with Crippen LogP contribution in [0.25, 0.3) is 0 Å². The number of nitrogens with one attached hydrogen (secondary N) is 2. The lowest BCUT2D eigenvalue weighted by Crippen LogP contribution is -2.37. The van der Waals surface area contributed by atoms with Crippen LogP contribution in [0.15, 0.2) is 17.1 Å². The molecule has 0 aliphatic heterocycles. The molecular weight excluding hydrogens is 417 g/mol. The van der Waals surface area contributed by atoms with E-state index in [0.29, 0.717) is 29.7 Å². The van der Waals surface area contributed by atoms with Crippen molar-refractivity contribution in [3.63, 3.8) is 0 Å². The molecule has 0 amide bonds. The zero-order valence-electron chi connectivity index (χ0n) is 13.5. The highest BCUT2D eigenvalue weighted by molar-refractivity contribution is 14.0. The molecule has 0 saturated heterocycles. The Balaban J connectivity index is 0.00000441. The fraction of sp³-hybridized carbons (Fsp3) is 0.533. The summed E-state index contributed by atoms with van der Waals surface area (Å²) in [5.41, 5.74) is 1.000. The van der Waals surface area contributed by atoms with Crippen LogP contribution in [0.5, 0.6) is 11.5 Å². The van der Waals surface area contributed by atoms with Crippen LogP contribution in [0.4, 0.5) is 0 Å². The maximum absolute atomic E-state index is 6.25. The normalized spacial score (nSPS) is 10.7. The van der Waals surface area contributed by atoms with Crippen LogP contribution in [0, 0.1) is 0 Å². The quantitative estimate of drug-likeness (QED) is 0.387. The molecule has 1 aromatic rings. The summed E-state index contributed by atoms with van der Waals surface area (Å²) in [6, 6.07) is 3.78. The molecule has 2 N–H and O–H groups in total. The number of rotatable bonds is 7. The van der Waals surface area contributed by atoms with Crippen LogP contribution in [0.1, 0.15) is 25.8 Å². The molecule has 0 radical (unpaired) electrons. The zero-order chi connectivity index (χ0) is 15.7. The predicted octanol–water partition coefficient (Wildman–Crippen LogP) is 3.44. The van der Waals surface area contributed by atoms with Gasteiger partial charge in [-0.25, -0.2) is 0 Å². The third-order valence-corrected chi connectivity index (χ3v) is 3.08. The summed E-state index contributed by atoms with van der Waals surface area (Å²) in [4.78, 5) is 4.16. The Bertz CT molecular complexity index is 484. The van der Waals surface area contributed by atoms with E-state index in [1.165, 1.54) is 0 Å². The van der Waals surface area contributed by atoms with Crippen molar-refractivity contribution in [2.75, 3.05) is 27.3 Å². The topological polar surface area (TPSA) is 54.9 Å². The molecule has 0 spiro atoms. The zero-order valence-corrected chi connectivity index (χ0v) is 16.6. The van der Waals surface area contributed by atoms with Crippen molar-refractivity contribution in [2.24, 2.45) is 4.99 Å². The molecule has 0 fully saturated rings. The van der Waals surface area contributed by atoms with Gasteiger partial charge in [-0.2, -0.15) is 0 Å². The number of ether oxygens (including phenoxy) is 2. The van der Waals surface area contributed by atoms with Crippen LogP contribution in [-0.4, -0.2) is 33.3 Å². The maximum atomic E-state index is 6.25. The third-order valence-electron chi connectivity index (χ3n) is 2.80. The van der Waals surface area contributed by atoms with Crippen LogP contribution in [0.3, 0.4) is 0 Å². The monoisotopic (exact) mass is 441 g/mol. The minimum absolute atomic E-state index is 0. The van der Waals surface area contributed by atoms with E-state index in [2.05, 4.69) is 22.5 Å². The van der Waals surface area contributed by atoms with Gasteiger partial charge < -0.3 is 20.1 Å². The summed E-state index contributed by atoms with van der Waals surface area (Å²) in [6.07, 6.45) is 1.05. The number of nitrogens with zero attached hydrogens (tertiary/aromatic N) is 1. The van der Waals surface area contributed by atoms with E-state index in [9.17, 15) is 0 Å². The lowest BCUT2D eigenvalue weighted by molar-refractivity contribution is 0.311. The molecule has 22 heavy (non-hydrogen) atoms. The van der Waals surface area contributed by atoms with Gasteiger partial charge in [0.05, 0.1) is 18.7 Å². The van der Waals surface area contributed by atoms with Crippen molar-refractivity contribution >= 4 is 41.5 Å². The molecule has 0 saturated carbocycles.